The predicted octanol–water partition coefficient (Wildman–Crippen LogP) is 4.68. The van der Waals surface area contributed by atoms with Crippen LogP contribution in [0.5, 0.6) is 5.88 Å². The fraction of sp³-hybridized carbons (Fsp3) is 0.150. The highest BCUT2D eigenvalue weighted by Crippen LogP contribution is 2.37. The van der Waals surface area contributed by atoms with E-state index in [4.69, 9.17) is 0 Å². The Labute approximate surface area is 168 Å². The number of aromatic amines is 1. The molecule has 9 heteroatoms. The number of fused-ring (bicyclic) bond motifs is 1. The van der Waals surface area contributed by atoms with E-state index >= 15 is 0 Å². The number of aryl methyl sites for hydroxylation is 1. The molecular weight excluding hydrogens is 395 g/mol. The first-order valence-corrected chi connectivity index (χ1v) is 9.59. The summed E-state index contributed by atoms with van der Waals surface area (Å²) in [5.41, 5.74) is 2.29. The third-order valence-electron chi connectivity index (χ3n) is 4.41. The monoisotopic (exact) mass is 410 g/mol. The number of amidine groups is 1. The molecule has 0 aliphatic carbocycles. The number of carbonyl (C=O) groups excluding carboxylic acids is 2. The smallest absolute Gasteiger partial charge is 0.262 e. The molecule has 3 aromatic rings. The Morgan fingerprint density at radius 2 is 2.00 bits per heavy atom. The molecule has 7 nitrogen and oxygen atoms in total. The van der Waals surface area contributed by atoms with Gasteiger partial charge in [-0.2, -0.15) is 4.99 Å². The van der Waals surface area contributed by atoms with Crippen molar-refractivity contribution in [1.82, 2.24) is 4.98 Å². The van der Waals surface area contributed by atoms with Crippen LogP contribution in [0.3, 0.4) is 0 Å². The number of rotatable bonds is 4. The van der Waals surface area contributed by atoms with Gasteiger partial charge in [0.05, 0.1) is 5.52 Å². The topological polar surface area (TPSA) is 107 Å². The molecule has 0 saturated carbocycles. The molecule has 1 aliphatic rings. The van der Waals surface area contributed by atoms with Gasteiger partial charge in [-0.05, 0) is 43.3 Å². The second-order valence-corrected chi connectivity index (χ2v) is 7.71. The lowest BCUT2D eigenvalue weighted by Crippen LogP contribution is -2.16. The summed E-state index contributed by atoms with van der Waals surface area (Å²) < 4.78 is 13.0. The lowest BCUT2D eigenvalue weighted by Gasteiger charge is -2.05. The number of hydrogen-bond donors (Lipinski definition) is 2. The number of benzene rings is 2. The van der Waals surface area contributed by atoms with E-state index in [-0.39, 0.29) is 28.9 Å². The standard InChI is InChI=1S/C20H15FN4O3S/c1-10-2-7-14-13(8-10)17(19(28)22-14)24-25-20-23-18(27)16(29-20)9-15(26)11-3-5-12(21)6-4-11/h2-8,16,22,28H,9H2,1H3. The summed E-state index contributed by atoms with van der Waals surface area (Å²) in [6.07, 6.45) is -0.0742. The first-order valence-electron chi connectivity index (χ1n) is 8.71. The maximum Gasteiger partial charge on any atom is 0.262 e. The molecule has 2 aromatic carbocycles. The first kappa shape index (κ1) is 19.0. The fourth-order valence-electron chi connectivity index (χ4n) is 2.94. The van der Waals surface area contributed by atoms with E-state index in [9.17, 15) is 19.1 Å². The van der Waals surface area contributed by atoms with Crippen LogP contribution in [-0.4, -0.2) is 32.2 Å². The third kappa shape index (κ3) is 3.95. The van der Waals surface area contributed by atoms with Crippen molar-refractivity contribution in [3.05, 3.63) is 59.4 Å². The quantitative estimate of drug-likeness (QED) is 0.481. The second-order valence-electron chi connectivity index (χ2n) is 6.54. The van der Waals surface area contributed by atoms with Gasteiger partial charge in [-0.1, -0.05) is 23.4 Å². The van der Waals surface area contributed by atoms with Crippen molar-refractivity contribution in [3.63, 3.8) is 0 Å². The molecule has 0 spiro atoms. The number of aromatic nitrogens is 1. The highest BCUT2D eigenvalue weighted by molar-refractivity contribution is 8.15. The summed E-state index contributed by atoms with van der Waals surface area (Å²) in [5, 5.41) is 18.2. The van der Waals surface area contributed by atoms with Gasteiger partial charge in [0.1, 0.15) is 11.1 Å². The fourth-order valence-corrected chi connectivity index (χ4v) is 3.81. The predicted molar refractivity (Wildman–Crippen MR) is 108 cm³/mol. The minimum Gasteiger partial charge on any atom is -0.493 e. The number of H-pyrrole nitrogens is 1. The van der Waals surface area contributed by atoms with Crippen molar-refractivity contribution >= 4 is 45.2 Å². The van der Waals surface area contributed by atoms with Gasteiger partial charge >= 0.3 is 0 Å². The zero-order chi connectivity index (χ0) is 20.5. The number of carbonyl (C=O) groups is 2. The largest absolute Gasteiger partial charge is 0.493 e. The van der Waals surface area contributed by atoms with E-state index in [2.05, 4.69) is 20.2 Å². The van der Waals surface area contributed by atoms with Crippen LogP contribution in [0.2, 0.25) is 0 Å². The minimum atomic E-state index is -0.708. The van der Waals surface area contributed by atoms with Crippen molar-refractivity contribution in [2.24, 2.45) is 15.2 Å². The van der Waals surface area contributed by atoms with Crippen molar-refractivity contribution in [2.45, 2.75) is 18.6 Å². The van der Waals surface area contributed by atoms with Gasteiger partial charge in [0.25, 0.3) is 5.91 Å². The number of hydrogen-bond acceptors (Lipinski definition) is 6. The van der Waals surface area contributed by atoms with E-state index in [1.54, 1.807) is 0 Å². The SMILES string of the molecule is Cc1ccc2[nH]c(O)c(N=NC3=NC(=O)C(CC(=O)c4ccc(F)cc4)S3)c2c1. The van der Waals surface area contributed by atoms with Crippen LogP contribution >= 0.6 is 11.8 Å². The van der Waals surface area contributed by atoms with E-state index in [1.165, 1.54) is 24.3 Å². The zero-order valence-corrected chi connectivity index (χ0v) is 16.0. The summed E-state index contributed by atoms with van der Waals surface area (Å²) in [6.45, 7) is 1.92. The van der Waals surface area contributed by atoms with Gasteiger partial charge in [-0.25, -0.2) is 4.39 Å². The summed E-state index contributed by atoms with van der Waals surface area (Å²) >= 11 is 1.03. The Morgan fingerprint density at radius 1 is 1.24 bits per heavy atom. The number of aromatic hydroxyl groups is 1. The van der Waals surface area contributed by atoms with Crippen molar-refractivity contribution in [2.75, 3.05) is 0 Å². The van der Waals surface area contributed by atoms with Gasteiger partial charge in [0.15, 0.2) is 11.5 Å². The van der Waals surface area contributed by atoms with E-state index in [0.717, 1.165) is 17.3 Å². The molecule has 0 saturated heterocycles. The molecule has 0 bridgehead atoms. The summed E-state index contributed by atoms with van der Waals surface area (Å²) in [6, 6.07) is 10.7. The highest BCUT2D eigenvalue weighted by Gasteiger charge is 2.31. The Balaban J connectivity index is 1.47. The maximum absolute atomic E-state index is 13.0. The van der Waals surface area contributed by atoms with Crippen molar-refractivity contribution in [3.8, 4) is 5.88 Å². The van der Waals surface area contributed by atoms with Crippen LogP contribution < -0.4 is 0 Å². The maximum atomic E-state index is 13.0. The highest BCUT2D eigenvalue weighted by atomic mass is 32.2. The number of azo groups is 1. The summed E-state index contributed by atoms with van der Waals surface area (Å²) in [4.78, 5) is 31.1. The van der Waals surface area contributed by atoms with Gasteiger partial charge in [0.2, 0.25) is 11.0 Å². The zero-order valence-electron chi connectivity index (χ0n) is 15.2. The molecule has 1 unspecified atom stereocenters. The number of thioether (sulfide) groups is 1. The Bertz CT molecular complexity index is 1180. The van der Waals surface area contributed by atoms with Crippen LogP contribution in [-0.2, 0) is 4.79 Å². The van der Waals surface area contributed by atoms with Crippen LogP contribution in [0, 0.1) is 12.7 Å². The van der Waals surface area contributed by atoms with Gasteiger partial charge in [0, 0.05) is 17.4 Å². The van der Waals surface area contributed by atoms with E-state index in [0.29, 0.717) is 16.5 Å². The normalized spacial score (nSPS) is 16.7. The lowest BCUT2D eigenvalue weighted by molar-refractivity contribution is -0.117. The molecule has 146 valence electrons. The minimum absolute atomic E-state index is 0.0742. The average Bonchev–Trinajstić information content (AvgIpc) is 3.19. The summed E-state index contributed by atoms with van der Waals surface area (Å²) in [7, 11) is 0. The Morgan fingerprint density at radius 3 is 2.76 bits per heavy atom. The molecule has 1 aliphatic heterocycles. The van der Waals surface area contributed by atoms with Crippen LogP contribution in [0.25, 0.3) is 10.9 Å². The number of aliphatic imine (C=N–C) groups is 1. The Hall–Kier alpha value is -3.33. The van der Waals surface area contributed by atoms with Crippen LogP contribution in [0.4, 0.5) is 10.1 Å². The third-order valence-corrected chi connectivity index (χ3v) is 5.45. The van der Waals surface area contributed by atoms with Crippen LogP contribution in [0.15, 0.2) is 57.7 Å². The molecule has 2 N–H and O–H groups in total. The molecule has 2 heterocycles. The number of nitrogens with one attached hydrogen (secondary N) is 1. The number of Topliss-reactive ketones (excluding diaryl/α,β-unsaturated/α-hetero) is 1. The molecule has 4 rings (SSSR count). The van der Waals surface area contributed by atoms with E-state index < -0.39 is 17.0 Å². The van der Waals surface area contributed by atoms with Gasteiger partial charge < -0.3 is 10.1 Å². The van der Waals surface area contributed by atoms with Crippen molar-refractivity contribution in [1.29, 1.82) is 0 Å². The molecule has 0 radical (unpaired) electrons. The first-order chi connectivity index (χ1) is 13.9. The van der Waals surface area contributed by atoms with Crippen LogP contribution in [0.1, 0.15) is 22.3 Å². The number of ketones is 1. The lowest BCUT2D eigenvalue weighted by atomic mass is 10.1. The molecule has 0 fully saturated rings. The number of nitrogens with zero attached hydrogens (tertiary/aromatic N) is 3. The summed E-state index contributed by atoms with van der Waals surface area (Å²) in [5.74, 6) is -1.32. The number of halogens is 1. The van der Waals surface area contributed by atoms with Crippen molar-refractivity contribution < 1.29 is 19.1 Å². The molecule has 29 heavy (non-hydrogen) atoms. The second kappa shape index (κ2) is 7.59. The van der Waals surface area contributed by atoms with Gasteiger partial charge in [-0.3, -0.25) is 9.59 Å². The molecule has 1 atom stereocenters. The van der Waals surface area contributed by atoms with Gasteiger partial charge in [-0.15, -0.1) is 10.2 Å². The average molecular weight is 410 g/mol. The molecular formula is C20H15FN4O3S. The molecule has 1 amide bonds. The molecule has 1 aromatic heterocycles. The van der Waals surface area contributed by atoms with E-state index in [1.807, 2.05) is 25.1 Å². The number of amides is 1. The Kier molecular flexibility index (Phi) is 4.98.